The largest absolute Gasteiger partial charge is 0.497 e. The highest BCUT2D eigenvalue weighted by molar-refractivity contribution is 5.61. The van der Waals surface area contributed by atoms with Crippen LogP contribution in [0.1, 0.15) is 13.8 Å². The Morgan fingerprint density at radius 2 is 1.96 bits per heavy atom. The van der Waals surface area contributed by atoms with E-state index in [1.165, 1.54) is 0 Å². The van der Waals surface area contributed by atoms with Crippen LogP contribution in [0.4, 0.5) is 6.01 Å². The van der Waals surface area contributed by atoms with Gasteiger partial charge in [0.05, 0.1) is 14.2 Å². The molecular weight excluding hydrogens is 308 g/mol. The molecule has 0 unspecified atom stereocenters. The van der Waals surface area contributed by atoms with E-state index >= 15 is 0 Å². The van der Waals surface area contributed by atoms with Crippen LogP contribution in [-0.4, -0.2) is 44.0 Å². The molecule has 130 valence electrons. The van der Waals surface area contributed by atoms with Gasteiger partial charge in [-0.05, 0) is 24.6 Å². The molecule has 1 saturated heterocycles. The minimum absolute atomic E-state index is 0.0633. The fourth-order valence-electron chi connectivity index (χ4n) is 3.02. The molecule has 0 saturated carbocycles. The minimum Gasteiger partial charge on any atom is -0.497 e. The number of ether oxygens (including phenoxy) is 2. The molecule has 7 nitrogen and oxygen atoms in total. The molecule has 2 N–H and O–H groups in total. The molecule has 3 rings (SSSR count). The summed E-state index contributed by atoms with van der Waals surface area (Å²) >= 11 is 0. The molecule has 0 aliphatic carbocycles. The van der Waals surface area contributed by atoms with Gasteiger partial charge in [0.15, 0.2) is 0 Å². The molecule has 1 aromatic carbocycles. The van der Waals surface area contributed by atoms with Crippen LogP contribution >= 0.6 is 0 Å². The first-order valence-corrected chi connectivity index (χ1v) is 8.01. The topological polar surface area (TPSA) is 86.6 Å². The Bertz CT molecular complexity index is 695. The zero-order valence-corrected chi connectivity index (χ0v) is 14.6. The van der Waals surface area contributed by atoms with E-state index in [1.54, 1.807) is 20.3 Å². The van der Waals surface area contributed by atoms with E-state index in [0.717, 1.165) is 18.7 Å². The standard InChI is InChI=1S/C17H24N4O3/c1-11-8-21(10-17(11,2)9-18)16-19-15(20-24-16)12-5-13(22-3)7-14(6-12)23-4/h5-7,11H,8-10,18H2,1-4H3/t11-,17-/m1/s1. The number of aromatic nitrogens is 2. The number of methoxy groups -OCH3 is 2. The average molecular weight is 332 g/mol. The first kappa shape index (κ1) is 16.6. The van der Waals surface area contributed by atoms with Crippen molar-refractivity contribution in [2.24, 2.45) is 17.1 Å². The third-order valence-corrected chi connectivity index (χ3v) is 5.00. The maximum atomic E-state index is 5.94. The lowest BCUT2D eigenvalue weighted by atomic mass is 9.81. The van der Waals surface area contributed by atoms with Crippen LogP contribution in [0.25, 0.3) is 11.4 Å². The lowest BCUT2D eigenvalue weighted by Gasteiger charge is -2.25. The predicted molar refractivity (Wildman–Crippen MR) is 91.4 cm³/mol. The molecule has 7 heteroatoms. The van der Waals surface area contributed by atoms with Crippen LogP contribution in [0, 0.1) is 11.3 Å². The van der Waals surface area contributed by atoms with Crippen LogP contribution in [0.3, 0.4) is 0 Å². The van der Waals surface area contributed by atoms with Gasteiger partial charge in [0.1, 0.15) is 11.5 Å². The molecule has 24 heavy (non-hydrogen) atoms. The molecular formula is C17H24N4O3. The third kappa shape index (κ3) is 2.91. The quantitative estimate of drug-likeness (QED) is 0.898. The number of anilines is 1. The van der Waals surface area contributed by atoms with Crippen LogP contribution in [-0.2, 0) is 0 Å². The highest BCUT2D eigenvalue weighted by Gasteiger charge is 2.41. The van der Waals surface area contributed by atoms with Crippen LogP contribution < -0.4 is 20.1 Å². The van der Waals surface area contributed by atoms with Crippen LogP contribution in [0.5, 0.6) is 11.5 Å². The maximum Gasteiger partial charge on any atom is 0.324 e. The van der Waals surface area contributed by atoms with Gasteiger partial charge in [-0.15, -0.1) is 0 Å². The van der Waals surface area contributed by atoms with Gasteiger partial charge in [-0.2, -0.15) is 4.98 Å². The number of nitrogens with two attached hydrogens (primary N) is 1. The Kier molecular flexibility index (Phi) is 4.36. The highest BCUT2D eigenvalue weighted by atomic mass is 16.5. The van der Waals surface area contributed by atoms with Gasteiger partial charge in [0.25, 0.3) is 0 Å². The summed E-state index contributed by atoms with van der Waals surface area (Å²) in [5.74, 6) is 2.34. The van der Waals surface area contributed by atoms with E-state index in [0.29, 0.717) is 35.8 Å². The second kappa shape index (κ2) is 6.32. The van der Waals surface area contributed by atoms with Gasteiger partial charge in [-0.1, -0.05) is 19.0 Å². The zero-order valence-electron chi connectivity index (χ0n) is 14.6. The summed E-state index contributed by atoms with van der Waals surface area (Å²) in [4.78, 5) is 6.65. The Hall–Kier alpha value is -2.28. The SMILES string of the molecule is COc1cc(OC)cc(-c2noc(N3C[C@@H](C)[C@](C)(CN)C3)n2)c1. The van der Waals surface area contributed by atoms with Crippen molar-refractivity contribution in [2.75, 3.05) is 38.8 Å². The van der Waals surface area contributed by atoms with E-state index in [4.69, 9.17) is 19.7 Å². The fourth-order valence-corrected chi connectivity index (χ4v) is 3.02. The fraction of sp³-hybridized carbons (Fsp3) is 0.529. The Balaban J connectivity index is 1.87. The first-order chi connectivity index (χ1) is 11.5. The van der Waals surface area contributed by atoms with Gasteiger partial charge in [-0.25, -0.2) is 0 Å². The van der Waals surface area contributed by atoms with Gasteiger partial charge >= 0.3 is 6.01 Å². The second-order valence-corrected chi connectivity index (χ2v) is 6.64. The summed E-state index contributed by atoms with van der Waals surface area (Å²) in [5, 5.41) is 4.11. The van der Waals surface area contributed by atoms with Crippen molar-refractivity contribution in [3.05, 3.63) is 18.2 Å². The average Bonchev–Trinajstić information content (AvgIpc) is 3.20. The minimum atomic E-state index is 0.0633. The Morgan fingerprint density at radius 1 is 1.29 bits per heavy atom. The predicted octanol–water partition coefficient (Wildman–Crippen LogP) is 2.17. The van der Waals surface area contributed by atoms with Crippen molar-refractivity contribution in [2.45, 2.75) is 13.8 Å². The van der Waals surface area contributed by atoms with Crippen LogP contribution in [0.15, 0.2) is 22.7 Å². The molecule has 1 aromatic heterocycles. The van der Waals surface area contributed by atoms with Gasteiger partial charge in [0, 0.05) is 30.1 Å². The van der Waals surface area contributed by atoms with E-state index in [1.807, 2.05) is 12.1 Å². The Morgan fingerprint density at radius 3 is 2.50 bits per heavy atom. The summed E-state index contributed by atoms with van der Waals surface area (Å²) in [5.41, 5.74) is 6.79. The third-order valence-electron chi connectivity index (χ3n) is 5.00. The van der Waals surface area contributed by atoms with E-state index in [9.17, 15) is 0 Å². The maximum absolute atomic E-state index is 5.94. The number of nitrogens with zero attached hydrogens (tertiary/aromatic N) is 3. The molecule has 0 amide bonds. The number of rotatable bonds is 5. The van der Waals surface area contributed by atoms with Gasteiger partial charge < -0.3 is 24.6 Å². The van der Waals surface area contributed by atoms with E-state index in [2.05, 4.69) is 28.9 Å². The van der Waals surface area contributed by atoms with Gasteiger partial charge in [-0.3, -0.25) is 0 Å². The van der Waals surface area contributed by atoms with Crippen molar-refractivity contribution in [1.82, 2.24) is 10.1 Å². The van der Waals surface area contributed by atoms with Gasteiger partial charge in [0.2, 0.25) is 5.82 Å². The molecule has 0 spiro atoms. The molecule has 2 aromatic rings. The molecule has 1 fully saturated rings. The van der Waals surface area contributed by atoms with E-state index in [-0.39, 0.29) is 5.41 Å². The molecule has 0 radical (unpaired) electrons. The summed E-state index contributed by atoms with van der Waals surface area (Å²) in [6, 6.07) is 6.04. The smallest absolute Gasteiger partial charge is 0.324 e. The van der Waals surface area contributed by atoms with Crippen molar-refractivity contribution < 1.29 is 14.0 Å². The second-order valence-electron chi connectivity index (χ2n) is 6.64. The Labute approximate surface area is 141 Å². The lowest BCUT2D eigenvalue weighted by molar-refractivity contribution is 0.286. The highest BCUT2D eigenvalue weighted by Crippen LogP contribution is 2.37. The molecule has 0 bridgehead atoms. The summed E-state index contributed by atoms with van der Waals surface area (Å²) < 4.78 is 16.1. The summed E-state index contributed by atoms with van der Waals surface area (Å²) in [6.07, 6.45) is 0. The molecule has 1 aliphatic heterocycles. The number of benzene rings is 1. The summed E-state index contributed by atoms with van der Waals surface area (Å²) in [7, 11) is 3.22. The van der Waals surface area contributed by atoms with Crippen molar-refractivity contribution in [3.63, 3.8) is 0 Å². The van der Waals surface area contributed by atoms with Crippen LogP contribution in [0.2, 0.25) is 0 Å². The van der Waals surface area contributed by atoms with Crippen molar-refractivity contribution in [1.29, 1.82) is 0 Å². The number of hydrogen-bond donors (Lipinski definition) is 1. The summed E-state index contributed by atoms with van der Waals surface area (Å²) in [6.45, 7) is 6.71. The lowest BCUT2D eigenvalue weighted by Crippen LogP contribution is -2.34. The van der Waals surface area contributed by atoms with E-state index < -0.39 is 0 Å². The molecule has 2 heterocycles. The normalized spacial score (nSPS) is 23.5. The van der Waals surface area contributed by atoms with Crippen molar-refractivity contribution in [3.8, 4) is 22.9 Å². The first-order valence-electron chi connectivity index (χ1n) is 8.01. The molecule has 1 aliphatic rings. The zero-order chi connectivity index (χ0) is 17.3. The molecule has 2 atom stereocenters. The number of hydrogen-bond acceptors (Lipinski definition) is 7. The van der Waals surface area contributed by atoms with Crippen molar-refractivity contribution >= 4 is 6.01 Å². The monoisotopic (exact) mass is 332 g/mol.